The van der Waals surface area contributed by atoms with Crippen LogP contribution in [0.2, 0.25) is 18.1 Å². The third-order valence-electron chi connectivity index (χ3n) is 8.62. The third kappa shape index (κ3) is 5.53. The molecule has 0 N–H and O–H groups in total. The molecule has 4 aromatic carbocycles. The van der Waals surface area contributed by atoms with Crippen LogP contribution in [-0.4, -0.2) is 27.8 Å². The molecular formula is C34H40N2O3SSi. The van der Waals surface area contributed by atoms with Crippen LogP contribution < -0.4 is 8.73 Å². The number of benzene rings is 4. The van der Waals surface area contributed by atoms with Gasteiger partial charge >= 0.3 is 0 Å². The summed E-state index contributed by atoms with van der Waals surface area (Å²) in [5.74, 6) is 0.849. The zero-order valence-corrected chi connectivity index (χ0v) is 26.9. The second-order valence-corrected chi connectivity index (χ2v) is 18.9. The first-order chi connectivity index (χ1) is 19.3. The summed E-state index contributed by atoms with van der Waals surface area (Å²) in [5.41, 5.74) is 3.78. The summed E-state index contributed by atoms with van der Waals surface area (Å²) in [7, 11) is -3.97. The molecule has 0 atom stereocenters. The number of aryl methyl sites for hydroxylation is 1. The number of rotatable bonds is 8. The third-order valence-corrected chi connectivity index (χ3v) is 14.8. The maximum atomic E-state index is 14.3. The number of hydrogen-bond acceptors (Lipinski definition) is 3. The Bertz CT molecular complexity index is 1820. The zero-order valence-electron chi connectivity index (χ0n) is 25.1. The van der Waals surface area contributed by atoms with Crippen LogP contribution in [0.1, 0.15) is 32.0 Å². The minimum Gasteiger partial charge on any atom is -0.542 e. The Hall–Kier alpha value is -3.55. The Balaban J connectivity index is 1.64. The molecule has 0 amide bonds. The fourth-order valence-corrected chi connectivity index (χ4v) is 7.50. The Morgan fingerprint density at radius 2 is 1.51 bits per heavy atom. The monoisotopic (exact) mass is 584 g/mol. The van der Waals surface area contributed by atoms with Gasteiger partial charge in [-0.3, -0.25) is 4.31 Å². The summed E-state index contributed by atoms with van der Waals surface area (Å²) >= 11 is 0. The molecule has 5 rings (SSSR count). The minimum atomic E-state index is -3.86. The van der Waals surface area contributed by atoms with Crippen molar-refractivity contribution in [3.8, 4) is 5.75 Å². The highest BCUT2D eigenvalue weighted by Crippen LogP contribution is 2.42. The van der Waals surface area contributed by atoms with E-state index in [1.165, 1.54) is 0 Å². The van der Waals surface area contributed by atoms with Crippen LogP contribution in [0.5, 0.6) is 5.75 Å². The van der Waals surface area contributed by atoms with E-state index in [9.17, 15) is 8.42 Å². The molecule has 0 fully saturated rings. The van der Waals surface area contributed by atoms with Gasteiger partial charge in [0.2, 0.25) is 0 Å². The summed E-state index contributed by atoms with van der Waals surface area (Å²) in [6.45, 7) is 13.6. The average Bonchev–Trinajstić information content (AvgIpc) is 3.16. The Labute approximate surface area is 245 Å². The summed E-state index contributed by atoms with van der Waals surface area (Å²) in [4.78, 5) is 0.284. The number of aromatic nitrogens is 1. The Morgan fingerprint density at radius 1 is 0.854 bits per heavy atom. The fraction of sp³-hybridized carbons (Fsp3) is 0.294. The molecule has 0 spiro atoms. The lowest BCUT2D eigenvalue weighted by Crippen LogP contribution is -2.44. The van der Waals surface area contributed by atoms with Crippen molar-refractivity contribution in [1.29, 1.82) is 0 Å². The second-order valence-electron chi connectivity index (χ2n) is 12.4. The van der Waals surface area contributed by atoms with Crippen molar-refractivity contribution in [1.82, 2.24) is 4.57 Å². The molecule has 0 unspecified atom stereocenters. The van der Waals surface area contributed by atoms with Gasteiger partial charge < -0.3 is 8.99 Å². The molecule has 0 saturated heterocycles. The highest BCUT2D eigenvalue weighted by atomic mass is 32.2. The van der Waals surface area contributed by atoms with Gasteiger partial charge in [-0.15, -0.1) is 0 Å². The maximum absolute atomic E-state index is 14.3. The molecule has 41 heavy (non-hydrogen) atoms. The molecule has 0 bridgehead atoms. The van der Waals surface area contributed by atoms with Crippen LogP contribution in [0.3, 0.4) is 0 Å². The van der Waals surface area contributed by atoms with Crippen molar-refractivity contribution in [2.45, 2.75) is 57.1 Å². The summed E-state index contributed by atoms with van der Waals surface area (Å²) in [5, 5.41) is 2.87. The van der Waals surface area contributed by atoms with Gasteiger partial charge in [-0.2, -0.15) is 0 Å². The van der Waals surface area contributed by atoms with Gasteiger partial charge in [-0.1, -0.05) is 81.4 Å². The first-order valence-corrected chi connectivity index (χ1v) is 18.5. The van der Waals surface area contributed by atoms with Crippen LogP contribution in [0.15, 0.2) is 95.9 Å². The van der Waals surface area contributed by atoms with Crippen molar-refractivity contribution in [2.75, 3.05) is 10.8 Å². The molecule has 5 nitrogen and oxygen atoms in total. The van der Waals surface area contributed by atoms with E-state index in [2.05, 4.69) is 45.4 Å². The number of nitrogens with zero attached hydrogens (tertiary/aromatic N) is 2. The highest BCUT2D eigenvalue weighted by Gasteiger charge is 2.40. The molecule has 1 heterocycles. The van der Waals surface area contributed by atoms with Crippen LogP contribution >= 0.6 is 0 Å². The van der Waals surface area contributed by atoms with Crippen molar-refractivity contribution < 1.29 is 12.8 Å². The average molecular weight is 585 g/mol. The van der Waals surface area contributed by atoms with Gasteiger partial charge in [-0.05, 0) is 78.1 Å². The molecule has 5 aromatic rings. The number of sulfonamides is 1. The first kappa shape index (κ1) is 29.0. The quantitative estimate of drug-likeness (QED) is 0.172. The molecule has 0 saturated carbocycles. The lowest BCUT2D eigenvalue weighted by molar-refractivity contribution is 0.491. The van der Waals surface area contributed by atoms with E-state index in [0.29, 0.717) is 18.7 Å². The molecular weight excluding hydrogens is 545 g/mol. The largest absolute Gasteiger partial charge is 0.542 e. The molecule has 214 valence electrons. The van der Waals surface area contributed by atoms with E-state index in [0.717, 1.165) is 38.7 Å². The van der Waals surface area contributed by atoms with Gasteiger partial charge in [0.15, 0.2) is 0 Å². The molecule has 0 aliphatic rings. The maximum Gasteiger partial charge on any atom is 0.264 e. The normalized spacial score (nSPS) is 12.7. The summed E-state index contributed by atoms with van der Waals surface area (Å²) < 4.78 is 39.2. The summed E-state index contributed by atoms with van der Waals surface area (Å²) in [6, 6.07) is 29.2. The van der Waals surface area contributed by atoms with Gasteiger partial charge in [0, 0.05) is 19.0 Å². The predicted octanol–water partition coefficient (Wildman–Crippen LogP) is 8.46. The van der Waals surface area contributed by atoms with E-state index >= 15 is 0 Å². The van der Waals surface area contributed by atoms with Crippen LogP contribution in [-0.2, 0) is 23.5 Å². The van der Waals surface area contributed by atoms with E-state index in [1.54, 1.807) is 16.4 Å². The number of hydrogen-bond donors (Lipinski definition) is 0. The molecule has 0 aliphatic heterocycles. The number of anilines is 1. The van der Waals surface area contributed by atoms with Crippen LogP contribution in [0, 0.1) is 6.92 Å². The number of fused-ring (bicyclic) bond motifs is 2. The molecule has 7 heteroatoms. The molecule has 1 aromatic heterocycles. The topological polar surface area (TPSA) is 51.5 Å². The Kier molecular flexibility index (Phi) is 7.55. The lowest BCUT2D eigenvalue weighted by Gasteiger charge is -2.36. The highest BCUT2D eigenvalue weighted by molar-refractivity contribution is 7.92. The minimum absolute atomic E-state index is 0.0281. The summed E-state index contributed by atoms with van der Waals surface area (Å²) in [6.07, 6.45) is 0.590. The van der Waals surface area contributed by atoms with Crippen molar-refractivity contribution in [3.63, 3.8) is 0 Å². The van der Waals surface area contributed by atoms with Gasteiger partial charge in [-0.25, -0.2) is 8.42 Å². The second kappa shape index (κ2) is 10.7. The zero-order chi connectivity index (χ0) is 29.6. The lowest BCUT2D eigenvalue weighted by atomic mass is 10.1. The van der Waals surface area contributed by atoms with E-state index in [1.807, 2.05) is 85.9 Å². The fourth-order valence-electron chi connectivity index (χ4n) is 4.94. The van der Waals surface area contributed by atoms with E-state index in [-0.39, 0.29) is 9.93 Å². The van der Waals surface area contributed by atoms with E-state index < -0.39 is 18.3 Å². The van der Waals surface area contributed by atoms with Crippen LogP contribution in [0.4, 0.5) is 5.69 Å². The standard InChI is InChI=1S/C34H40N2O3SSi/c1-25-33(39-41(6,7)34(2,3)4)31-24-29(18-20-32(31)35(25)5)36(22-21-26-13-9-8-10-14-26)40(37,38)30-19-17-27-15-11-12-16-28(27)23-30/h8-20,23-24H,21-22H2,1-7H3. The van der Waals surface area contributed by atoms with Gasteiger partial charge in [0.25, 0.3) is 18.3 Å². The van der Waals surface area contributed by atoms with Crippen molar-refractivity contribution in [2.24, 2.45) is 7.05 Å². The molecule has 0 aliphatic carbocycles. The SMILES string of the molecule is Cc1c(O[Si](C)(C)C(C)(C)C)c2cc(N(CCc3ccccc3)S(=O)(=O)c3ccc4ccccc4c3)ccc2n1C. The van der Waals surface area contributed by atoms with Crippen molar-refractivity contribution in [3.05, 3.63) is 102 Å². The Morgan fingerprint density at radius 3 is 2.20 bits per heavy atom. The van der Waals surface area contributed by atoms with E-state index in [4.69, 9.17) is 4.43 Å². The smallest absolute Gasteiger partial charge is 0.264 e. The van der Waals surface area contributed by atoms with Crippen molar-refractivity contribution >= 4 is 45.7 Å². The van der Waals surface area contributed by atoms with Gasteiger partial charge in [0.1, 0.15) is 5.75 Å². The van der Waals surface area contributed by atoms with Crippen LogP contribution in [0.25, 0.3) is 21.7 Å². The van der Waals surface area contributed by atoms with Gasteiger partial charge in [0.05, 0.1) is 21.8 Å². The first-order valence-electron chi connectivity index (χ1n) is 14.1. The molecule has 0 radical (unpaired) electrons. The predicted molar refractivity (Wildman–Crippen MR) is 174 cm³/mol.